The number of hydrogen-bond acceptors (Lipinski definition) is 3. The number of hydrogen-bond donors (Lipinski definition) is 0. The Hall–Kier alpha value is -6.52. The second kappa shape index (κ2) is 9.09. The van der Waals surface area contributed by atoms with Gasteiger partial charge in [-0.15, -0.1) is 0 Å². The van der Waals surface area contributed by atoms with Crippen molar-refractivity contribution >= 4 is 54.8 Å². The van der Waals surface area contributed by atoms with Crippen LogP contribution in [-0.4, -0.2) is 14.5 Å². The van der Waals surface area contributed by atoms with Gasteiger partial charge in [-0.25, -0.2) is 9.97 Å². The van der Waals surface area contributed by atoms with Crippen molar-refractivity contribution in [2.24, 2.45) is 0 Å². The fraction of sp³-hybridized carbons (Fsp3) is 0.0222. The van der Waals surface area contributed by atoms with Crippen molar-refractivity contribution in [3.8, 4) is 39.3 Å². The van der Waals surface area contributed by atoms with Gasteiger partial charge in [0.05, 0.1) is 22.1 Å². The van der Waals surface area contributed by atoms with Crippen molar-refractivity contribution in [2.45, 2.75) is 5.92 Å². The Bertz CT molecular complexity index is 3070. The fourth-order valence-electron chi connectivity index (χ4n) is 8.91. The molecule has 7 aromatic carbocycles. The molecule has 2 aliphatic rings. The molecule has 0 saturated carbocycles. The van der Waals surface area contributed by atoms with Crippen LogP contribution in [0.2, 0.25) is 0 Å². The summed E-state index contributed by atoms with van der Waals surface area (Å²) in [7, 11) is 0. The first-order valence-electron chi connectivity index (χ1n) is 16.8. The van der Waals surface area contributed by atoms with Crippen LogP contribution >= 0.6 is 0 Å². The first-order valence-corrected chi connectivity index (χ1v) is 16.8. The summed E-state index contributed by atoms with van der Waals surface area (Å²) in [6, 6.07) is 52.1. The maximum atomic E-state index is 6.59. The lowest BCUT2D eigenvalue weighted by Crippen LogP contribution is -2.05. The summed E-state index contributed by atoms with van der Waals surface area (Å²) in [5, 5.41) is 4.70. The molecule has 3 heterocycles. The quantitative estimate of drug-likeness (QED) is 0.192. The molecule has 1 atom stereocenters. The summed E-state index contributed by atoms with van der Waals surface area (Å²) in [6.45, 7) is 0. The first-order chi connectivity index (χ1) is 24.3. The zero-order valence-electron chi connectivity index (χ0n) is 26.2. The number of fused-ring (bicyclic) bond motifs is 9. The monoisotopic (exact) mass is 623 g/mol. The van der Waals surface area contributed by atoms with Gasteiger partial charge in [0.15, 0.2) is 5.82 Å². The molecule has 4 heteroatoms. The topological polar surface area (TPSA) is 43.9 Å². The van der Waals surface area contributed by atoms with E-state index in [-0.39, 0.29) is 5.92 Å². The zero-order valence-corrected chi connectivity index (χ0v) is 26.2. The van der Waals surface area contributed by atoms with Crippen LogP contribution in [0.25, 0.3) is 94.1 Å². The third kappa shape index (κ3) is 3.18. The minimum absolute atomic E-state index is 0.143. The van der Waals surface area contributed by atoms with E-state index in [1.54, 1.807) is 0 Å². The molecule has 3 aromatic heterocycles. The number of para-hydroxylation sites is 4. The van der Waals surface area contributed by atoms with Crippen molar-refractivity contribution in [3.05, 3.63) is 162 Å². The van der Waals surface area contributed by atoms with E-state index in [2.05, 4.69) is 120 Å². The van der Waals surface area contributed by atoms with Gasteiger partial charge in [0.1, 0.15) is 16.9 Å². The van der Waals surface area contributed by atoms with Crippen LogP contribution in [0.4, 0.5) is 0 Å². The van der Waals surface area contributed by atoms with Crippen LogP contribution in [-0.2, 0) is 0 Å². The Kier molecular flexibility index (Phi) is 4.74. The highest BCUT2D eigenvalue weighted by atomic mass is 16.3. The van der Waals surface area contributed by atoms with Gasteiger partial charge in [-0.3, -0.25) is 4.57 Å². The highest BCUT2D eigenvalue weighted by Crippen LogP contribution is 2.57. The predicted octanol–water partition coefficient (Wildman–Crippen LogP) is 11.4. The van der Waals surface area contributed by atoms with E-state index in [1.165, 1.54) is 49.7 Å². The van der Waals surface area contributed by atoms with Crippen LogP contribution in [0.15, 0.2) is 150 Å². The van der Waals surface area contributed by atoms with E-state index in [9.17, 15) is 0 Å². The van der Waals surface area contributed by atoms with Crippen LogP contribution in [0.3, 0.4) is 0 Å². The largest absolute Gasteiger partial charge is 0.455 e. The van der Waals surface area contributed by atoms with Crippen LogP contribution in [0.5, 0.6) is 0 Å². The third-order valence-corrected chi connectivity index (χ3v) is 10.8. The normalized spacial score (nSPS) is 14.3. The Balaban J connectivity index is 1.25. The standard InChI is InChI=1S/C45H25N3O/c1-2-13-27-25(11-1)28-14-7-15-29-30-16-9-22-36-41(30)42-32(40(27)39(28)29)18-10-23-37(42)48(36)45-43(46-34-20-4-5-21-35(34)47-45)33-19-8-17-31-26-12-3-6-24-38(26)49-44(31)33/h1-24,40H. The molecule has 12 rings (SSSR count). The van der Waals surface area contributed by atoms with E-state index in [4.69, 9.17) is 14.4 Å². The second-order valence-corrected chi connectivity index (χ2v) is 13.2. The number of benzene rings is 7. The molecule has 0 fully saturated rings. The molecular weight excluding hydrogens is 599 g/mol. The van der Waals surface area contributed by atoms with Crippen molar-refractivity contribution in [2.75, 3.05) is 0 Å². The molecule has 4 nitrogen and oxygen atoms in total. The van der Waals surface area contributed by atoms with Crippen molar-refractivity contribution in [3.63, 3.8) is 0 Å². The second-order valence-electron chi connectivity index (χ2n) is 13.2. The fourth-order valence-corrected chi connectivity index (χ4v) is 8.91. The van der Waals surface area contributed by atoms with Gasteiger partial charge < -0.3 is 4.42 Å². The van der Waals surface area contributed by atoms with Crippen molar-refractivity contribution < 1.29 is 4.42 Å². The molecule has 10 aromatic rings. The molecule has 2 aliphatic carbocycles. The van der Waals surface area contributed by atoms with Gasteiger partial charge in [-0.05, 0) is 75.3 Å². The molecular formula is C45H25N3O. The average Bonchev–Trinajstić information content (AvgIpc) is 3.79. The average molecular weight is 624 g/mol. The highest BCUT2D eigenvalue weighted by molar-refractivity contribution is 6.20. The van der Waals surface area contributed by atoms with Gasteiger partial charge in [0.2, 0.25) is 0 Å². The molecule has 0 amide bonds. The minimum Gasteiger partial charge on any atom is -0.455 e. The summed E-state index contributed by atoms with van der Waals surface area (Å²) >= 11 is 0. The molecule has 0 spiro atoms. The lowest BCUT2D eigenvalue weighted by atomic mass is 9.86. The maximum absolute atomic E-state index is 6.59. The number of aromatic nitrogens is 3. The first kappa shape index (κ1) is 25.6. The lowest BCUT2D eigenvalue weighted by Gasteiger charge is -2.18. The van der Waals surface area contributed by atoms with Crippen LogP contribution in [0, 0.1) is 0 Å². The van der Waals surface area contributed by atoms with E-state index in [0.29, 0.717) is 0 Å². The molecule has 226 valence electrons. The van der Waals surface area contributed by atoms with E-state index >= 15 is 0 Å². The van der Waals surface area contributed by atoms with Gasteiger partial charge in [0, 0.05) is 33.0 Å². The zero-order chi connectivity index (χ0) is 31.8. The molecule has 49 heavy (non-hydrogen) atoms. The van der Waals surface area contributed by atoms with E-state index < -0.39 is 0 Å². The molecule has 1 unspecified atom stereocenters. The number of rotatable bonds is 2. The Morgan fingerprint density at radius 1 is 0.469 bits per heavy atom. The third-order valence-electron chi connectivity index (χ3n) is 10.8. The van der Waals surface area contributed by atoms with Crippen molar-refractivity contribution in [1.82, 2.24) is 14.5 Å². The molecule has 0 bridgehead atoms. The summed E-state index contributed by atoms with van der Waals surface area (Å²) < 4.78 is 8.94. The summed E-state index contributed by atoms with van der Waals surface area (Å²) in [5.74, 6) is 0.936. The van der Waals surface area contributed by atoms with Crippen LogP contribution in [0.1, 0.15) is 22.6 Å². The summed E-state index contributed by atoms with van der Waals surface area (Å²) in [6.07, 6.45) is 0. The van der Waals surface area contributed by atoms with E-state index in [0.717, 1.165) is 61.1 Å². The molecule has 0 aliphatic heterocycles. The molecule has 0 radical (unpaired) electrons. The van der Waals surface area contributed by atoms with Gasteiger partial charge in [-0.1, -0.05) is 109 Å². The van der Waals surface area contributed by atoms with Crippen LogP contribution < -0.4 is 0 Å². The van der Waals surface area contributed by atoms with Gasteiger partial charge in [0.25, 0.3) is 0 Å². The highest BCUT2D eigenvalue weighted by Gasteiger charge is 2.37. The van der Waals surface area contributed by atoms with Gasteiger partial charge >= 0.3 is 0 Å². The lowest BCUT2D eigenvalue weighted by molar-refractivity contribution is 0.669. The maximum Gasteiger partial charge on any atom is 0.165 e. The smallest absolute Gasteiger partial charge is 0.165 e. The predicted molar refractivity (Wildman–Crippen MR) is 198 cm³/mol. The Morgan fingerprint density at radius 3 is 2.00 bits per heavy atom. The minimum atomic E-state index is 0.143. The van der Waals surface area contributed by atoms with Crippen molar-refractivity contribution in [1.29, 1.82) is 0 Å². The van der Waals surface area contributed by atoms with Gasteiger partial charge in [-0.2, -0.15) is 0 Å². The SMILES string of the molecule is c1ccc2c(c1)-c1cccc3c1C2c1cccc2c1c1c-3cccc1n2-c1nc2ccccc2nc1-c1cccc2c1oc1ccccc12. The molecule has 0 N–H and O–H groups in total. The Morgan fingerprint density at radius 2 is 1.08 bits per heavy atom. The molecule has 0 saturated heterocycles. The summed E-state index contributed by atoms with van der Waals surface area (Å²) in [4.78, 5) is 10.8. The number of nitrogens with zero attached hydrogens (tertiary/aromatic N) is 3. The summed E-state index contributed by atoms with van der Waals surface area (Å²) in [5.41, 5.74) is 16.7. The van der Waals surface area contributed by atoms with E-state index in [1.807, 2.05) is 30.3 Å². The Labute approximate surface area is 280 Å². The number of furan rings is 1.